The fraction of sp³-hybridized carbons (Fsp3) is 0.417. The molecule has 1 aliphatic heterocycles. The first kappa shape index (κ1) is 13.3. The van der Waals surface area contributed by atoms with Gasteiger partial charge in [0.15, 0.2) is 0 Å². The Bertz CT molecular complexity index is 479. The molecule has 3 N–H and O–H groups in total. The normalized spacial score (nSPS) is 18.7. The lowest BCUT2D eigenvalue weighted by Gasteiger charge is -2.43. The summed E-state index contributed by atoms with van der Waals surface area (Å²) in [6.07, 6.45) is 0. The van der Waals surface area contributed by atoms with E-state index in [1.165, 1.54) is 0 Å². The lowest BCUT2D eigenvalue weighted by Crippen LogP contribution is -2.62. The number of nitrogens with zero attached hydrogens (tertiary/aromatic N) is 1. The molecule has 1 fully saturated rings. The topological polar surface area (TPSA) is 58.4 Å². The number of amides is 1. The van der Waals surface area contributed by atoms with Crippen molar-refractivity contribution in [2.45, 2.75) is 19.4 Å². The summed E-state index contributed by atoms with van der Waals surface area (Å²) in [7, 11) is 0. The van der Waals surface area contributed by atoms with Crippen molar-refractivity contribution in [3.8, 4) is 0 Å². The maximum Gasteiger partial charge on any atom is 0.245 e. The molecule has 1 saturated heterocycles. The second kappa shape index (κ2) is 4.52. The molecule has 0 atom stereocenters. The van der Waals surface area contributed by atoms with Crippen LogP contribution in [0.4, 0.5) is 11.4 Å². The summed E-state index contributed by atoms with van der Waals surface area (Å²) in [6.45, 7) is 4.90. The molecule has 0 aliphatic carbocycles. The van der Waals surface area contributed by atoms with Gasteiger partial charge in [-0.1, -0.05) is 23.2 Å². The van der Waals surface area contributed by atoms with E-state index in [2.05, 4.69) is 5.32 Å². The van der Waals surface area contributed by atoms with Crippen molar-refractivity contribution in [3.63, 3.8) is 0 Å². The first-order valence-electron chi connectivity index (χ1n) is 5.64. The number of hydrogen-bond donors (Lipinski definition) is 2. The van der Waals surface area contributed by atoms with Crippen molar-refractivity contribution >= 4 is 40.5 Å². The van der Waals surface area contributed by atoms with Crippen molar-refractivity contribution < 1.29 is 4.79 Å². The Hall–Kier alpha value is -1.13. The number of nitrogens with two attached hydrogens (primary N) is 1. The van der Waals surface area contributed by atoms with Crippen molar-refractivity contribution in [3.05, 3.63) is 22.2 Å². The Morgan fingerprint density at radius 2 is 1.89 bits per heavy atom. The third-order valence-corrected chi connectivity index (χ3v) is 3.74. The molecule has 0 spiro atoms. The fourth-order valence-electron chi connectivity index (χ4n) is 2.13. The van der Waals surface area contributed by atoms with Gasteiger partial charge in [0.05, 0.1) is 15.7 Å². The zero-order valence-corrected chi connectivity index (χ0v) is 11.8. The van der Waals surface area contributed by atoms with Crippen molar-refractivity contribution in [2.24, 2.45) is 0 Å². The van der Waals surface area contributed by atoms with Crippen LogP contribution in [-0.2, 0) is 4.79 Å². The zero-order chi connectivity index (χ0) is 13.5. The minimum atomic E-state index is -0.693. The molecule has 1 aromatic rings. The zero-order valence-electron chi connectivity index (χ0n) is 10.3. The molecule has 4 nitrogen and oxygen atoms in total. The molecule has 18 heavy (non-hydrogen) atoms. The maximum atomic E-state index is 11.9. The number of hydrogen-bond acceptors (Lipinski definition) is 3. The maximum absolute atomic E-state index is 11.9. The van der Waals surface area contributed by atoms with Crippen LogP contribution >= 0.6 is 23.2 Å². The van der Waals surface area contributed by atoms with Gasteiger partial charge in [-0.3, -0.25) is 4.79 Å². The highest BCUT2D eigenvalue weighted by molar-refractivity contribution is 6.39. The lowest BCUT2D eigenvalue weighted by molar-refractivity contribution is -0.126. The number of rotatable bonds is 1. The van der Waals surface area contributed by atoms with E-state index in [1.54, 1.807) is 12.1 Å². The largest absolute Gasteiger partial charge is 0.399 e. The number of benzene rings is 1. The highest BCUT2D eigenvalue weighted by Gasteiger charge is 2.39. The molecular weight excluding hydrogens is 273 g/mol. The van der Waals surface area contributed by atoms with Crippen molar-refractivity contribution in [1.82, 2.24) is 5.32 Å². The minimum absolute atomic E-state index is 0.0438. The molecule has 2 rings (SSSR count). The van der Waals surface area contributed by atoms with Crippen LogP contribution in [0.25, 0.3) is 0 Å². The average molecular weight is 288 g/mol. The van der Waals surface area contributed by atoms with E-state index in [0.29, 0.717) is 34.5 Å². The highest BCUT2D eigenvalue weighted by Crippen LogP contribution is 2.39. The van der Waals surface area contributed by atoms with Crippen LogP contribution in [0.15, 0.2) is 12.1 Å². The van der Waals surface area contributed by atoms with Gasteiger partial charge in [0, 0.05) is 18.8 Å². The van der Waals surface area contributed by atoms with E-state index in [1.807, 2.05) is 18.7 Å². The monoisotopic (exact) mass is 287 g/mol. The van der Waals surface area contributed by atoms with Gasteiger partial charge in [-0.05, 0) is 26.0 Å². The van der Waals surface area contributed by atoms with Crippen LogP contribution in [0.2, 0.25) is 10.0 Å². The predicted octanol–water partition coefficient (Wildman–Crippen LogP) is 2.29. The molecule has 1 aliphatic rings. The van der Waals surface area contributed by atoms with E-state index in [9.17, 15) is 4.79 Å². The summed E-state index contributed by atoms with van der Waals surface area (Å²) in [4.78, 5) is 13.8. The van der Waals surface area contributed by atoms with Crippen molar-refractivity contribution in [2.75, 3.05) is 23.7 Å². The summed E-state index contributed by atoms with van der Waals surface area (Å²) in [5, 5.41) is 3.75. The number of nitrogens with one attached hydrogen (secondary N) is 1. The van der Waals surface area contributed by atoms with Crippen LogP contribution in [0, 0.1) is 0 Å². The quantitative estimate of drug-likeness (QED) is 0.779. The summed E-state index contributed by atoms with van der Waals surface area (Å²) >= 11 is 12.4. The third kappa shape index (κ3) is 2.10. The SMILES string of the molecule is CC1(C)C(=O)NCCN1c1c(Cl)cc(N)cc1Cl. The smallest absolute Gasteiger partial charge is 0.245 e. The highest BCUT2D eigenvalue weighted by atomic mass is 35.5. The first-order chi connectivity index (χ1) is 8.34. The van der Waals surface area contributed by atoms with Crippen LogP contribution in [0.1, 0.15) is 13.8 Å². The Balaban J connectivity index is 2.51. The molecular formula is C12H15Cl2N3O. The summed E-state index contributed by atoms with van der Waals surface area (Å²) in [5.74, 6) is -0.0438. The molecule has 0 aromatic heterocycles. The van der Waals surface area contributed by atoms with E-state index in [-0.39, 0.29) is 5.91 Å². The van der Waals surface area contributed by atoms with Gasteiger partial charge in [0.1, 0.15) is 5.54 Å². The van der Waals surface area contributed by atoms with E-state index < -0.39 is 5.54 Å². The van der Waals surface area contributed by atoms with Crippen LogP contribution < -0.4 is 16.0 Å². The van der Waals surface area contributed by atoms with Crippen LogP contribution in [-0.4, -0.2) is 24.5 Å². The standard InChI is InChI=1S/C12H15Cl2N3O/c1-12(2)11(18)16-3-4-17(12)10-8(13)5-7(15)6-9(10)14/h5-6H,3-4,15H2,1-2H3,(H,16,18). The molecule has 1 amide bonds. The Morgan fingerprint density at radius 1 is 1.33 bits per heavy atom. The van der Waals surface area contributed by atoms with Crippen LogP contribution in [0.5, 0.6) is 0 Å². The molecule has 0 saturated carbocycles. The van der Waals surface area contributed by atoms with E-state index in [4.69, 9.17) is 28.9 Å². The third-order valence-electron chi connectivity index (χ3n) is 3.16. The van der Waals surface area contributed by atoms with Gasteiger partial charge in [-0.15, -0.1) is 0 Å². The van der Waals surface area contributed by atoms with Gasteiger partial charge >= 0.3 is 0 Å². The Morgan fingerprint density at radius 3 is 2.44 bits per heavy atom. The lowest BCUT2D eigenvalue weighted by atomic mass is 9.98. The number of halogens is 2. The Labute approximate surface area is 116 Å². The number of carbonyl (C=O) groups is 1. The summed E-state index contributed by atoms with van der Waals surface area (Å²) in [6, 6.07) is 3.29. The molecule has 0 bridgehead atoms. The molecule has 6 heteroatoms. The van der Waals surface area contributed by atoms with E-state index >= 15 is 0 Å². The van der Waals surface area contributed by atoms with Gasteiger partial charge in [0.25, 0.3) is 0 Å². The molecule has 1 aromatic carbocycles. The Kier molecular flexibility index (Phi) is 3.34. The van der Waals surface area contributed by atoms with Crippen molar-refractivity contribution in [1.29, 1.82) is 0 Å². The number of piperazine rings is 1. The fourth-order valence-corrected chi connectivity index (χ4v) is 2.84. The summed E-state index contributed by atoms with van der Waals surface area (Å²) < 4.78 is 0. The molecule has 98 valence electrons. The molecule has 1 heterocycles. The summed E-state index contributed by atoms with van der Waals surface area (Å²) in [5.41, 5.74) is 6.16. The molecule has 0 radical (unpaired) electrons. The number of nitrogen functional groups attached to an aromatic ring is 1. The predicted molar refractivity (Wildman–Crippen MR) is 75.3 cm³/mol. The minimum Gasteiger partial charge on any atom is -0.399 e. The van der Waals surface area contributed by atoms with Gasteiger partial charge in [-0.2, -0.15) is 0 Å². The first-order valence-corrected chi connectivity index (χ1v) is 6.40. The van der Waals surface area contributed by atoms with Gasteiger partial charge in [0.2, 0.25) is 5.91 Å². The second-order valence-electron chi connectivity index (χ2n) is 4.80. The number of carbonyl (C=O) groups excluding carboxylic acids is 1. The van der Waals surface area contributed by atoms with Gasteiger partial charge < -0.3 is 16.0 Å². The number of anilines is 2. The van der Waals surface area contributed by atoms with Crippen LogP contribution in [0.3, 0.4) is 0 Å². The average Bonchev–Trinajstić information content (AvgIpc) is 2.23. The molecule has 0 unspecified atom stereocenters. The second-order valence-corrected chi connectivity index (χ2v) is 5.61. The van der Waals surface area contributed by atoms with E-state index in [0.717, 1.165) is 0 Å². The van der Waals surface area contributed by atoms with Gasteiger partial charge in [-0.25, -0.2) is 0 Å².